The summed E-state index contributed by atoms with van der Waals surface area (Å²) in [6.07, 6.45) is 6.19. The average molecular weight is 268 g/mol. The van der Waals surface area contributed by atoms with Crippen LogP contribution in [0.25, 0.3) is 0 Å². The van der Waals surface area contributed by atoms with Gasteiger partial charge in [-0.2, -0.15) is 0 Å². The molecule has 3 atom stereocenters. The Kier molecular flexibility index (Phi) is 5.27. The van der Waals surface area contributed by atoms with Crippen molar-refractivity contribution in [1.29, 1.82) is 0 Å². The fourth-order valence-electron chi connectivity index (χ4n) is 3.24. The summed E-state index contributed by atoms with van der Waals surface area (Å²) < 4.78 is 5.96. The highest BCUT2D eigenvalue weighted by Crippen LogP contribution is 2.23. The largest absolute Gasteiger partial charge is 0.374 e. The van der Waals surface area contributed by atoms with Crippen molar-refractivity contribution in [2.24, 2.45) is 5.92 Å². The van der Waals surface area contributed by atoms with Crippen LogP contribution in [0.15, 0.2) is 0 Å². The highest BCUT2D eigenvalue weighted by atomic mass is 16.5. The van der Waals surface area contributed by atoms with Gasteiger partial charge in [0.15, 0.2) is 0 Å². The van der Waals surface area contributed by atoms with E-state index in [1.54, 1.807) is 0 Å². The quantitative estimate of drug-likeness (QED) is 0.848. The fraction of sp³-hybridized carbons (Fsp3) is 1.00. The van der Waals surface area contributed by atoms with Gasteiger partial charge in [-0.3, -0.25) is 0 Å². The molecule has 3 heteroatoms. The third kappa shape index (κ3) is 5.41. The van der Waals surface area contributed by atoms with E-state index < -0.39 is 0 Å². The lowest BCUT2D eigenvalue weighted by Gasteiger charge is -2.35. The molecular formula is C16H32N2O. The zero-order chi connectivity index (χ0) is 13.9. The number of rotatable bonds is 4. The van der Waals surface area contributed by atoms with Gasteiger partial charge in [0.2, 0.25) is 0 Å². The fourth-order valence-corrected chi connectivity index (χ4v) is 3.24. The Morgan fingerprint density at radius 2 is 2.00 bits per heavy atom. The topological polar surface area (TPSA) is 24.5 Å². The summed E-state index contributed by atoms with van der Waals surface area (Å²) in [7, 11) is 0. The van der Waals surface area contributed by atoms with Crippen molar-refractivity contribution in [2.45, 2.75) is 71.1 Å². The molecule has 0 aromatic heterocycles. The summed E-state index contributed by atoms with van der Waals surface area (Å²) in [6, 6.07) is 0. The monoisotopic (exact) mass is 268 g/mol. The van der Waals surface area contributed by atoms with Crippen molar-refractivity contribution in [3.8, 4) is 0 Å². The number of likely N-dealkylation sites (tertiary alicyclic amines) is 1. The third-order valence-electron chi connectivity index (χ3n) is 4.31. The van der Waals surface area contributed by atoms with E-state index >= 15 is 0 Å². The molecule has 0 aromatic rings. The lowest BCUT2D eigenvalue weighted by atomic mass is 9.96. The van der Waals surface area contributed by atoms with E-state index in [2.05, 4.69) is 37.9 Å². The summed E-state index contributed by atoms with van der Waals surface area (Å²) >= 11 is 0. The summed E-state index contributed by atoms with van der Waals surface area (Å²) in [5, 5.41) is 3.65. The molecule has 0 bridgehead atoms. The molecule has 0 spiro atoms. The van der Waals surface area contributed by atoms with Gasteiger partial charge >= 0.3 is 0 Å². The van der Waals surface area contributed by atoms with Crippen molar-refractivity contribution in [3.05, 3.63) is 0 Å². The van der Waals surface area contributed by atoms with E-state index in [-0.39, 0.29) is 5.54 Å². The summed E-state index contributed by atoms with van der Waals surface area (Å²) in [5.74, 6) is 0.812. The van der Waals surface area contributed by atoms with Crippen molar-refractivity contribution in [2.75, 3.05) is 26.2 Å². The lowest BCUT2D eigenvalue weighted by Crippen LogP contribution is -2.46. The third-order valence-corrected chi connectivity index (χ3v) is 4.31. The maximum absolute atomic E-state index is 5.96. The van der Waals surface area contributed by atoms with Crippen LogP contribution in [0.3, 0.4) is 0 Å². The van der Waals surface area contributed by atoms with Gasteiger partial charge in [-0.15, -0.1) is 0 Å². The molecule has 2 aliphatic rings. The molecule has 0 saturated carbocycles. The van der Waals surface area contributed by atoms with Crippen LogP contribution in [-0.4, -0.2) is 48.8 Å². The predicted octanol–water partition coefficient (Wildman–Crippen LogP) is 2.65. The second kappa shape index (κ2) is 6.55. The number of hydrogen-bond acceptors (Lipinski definition) is 3. The van der Waals surface area contributed by atoms with Crippen molar-refractivity contribution in [3.63, 3.8) is 0 Å². The second-order valence-corrected chi connectivity index (χ2v) is 7.54. The van der Waals surface area contributed by atoms with Gasteiger partial charge in [-0.25, -0.2) is 0 Å². The Labute approximate surface area is 119 Å². The minimum atomic E-state index is 0.242. The molecule has 0 radical (unpaired) electrons. The summed E-state index contributed by atoms with van der Waals surface area (Å²) in [4.78, 5) is 2.63. The Morgan fingerprint density at radius 1 is 1.21 bits per heavy atom. The van der Waals surface area contributed by atoms with Gasteiger partial charge in [-0.05, 0) is 72.4 Å². The second-order valence-electron chi connectivity index (χ2n) is 7.54. The molecule has 2 rings (SSSR count). The molecule has 2 aliphatic heterocycles. The van der Waals surface area contributed by atoms with E-state index in [0.717, 1.165) is 19.0 Å². The van der Waals surface area contributed by atoms with Gasteiger partial charge in [0.05, 0.1) is 12.2 Å². The molecule has 19 heavy (non-hydrogen) atoms. The number of hydrogen-bond donors (Lipinski definition) is 1. The first-order valence-electron chi connectivity index (χ1n) is 8.05. The average Bonchev–Trinajstić information content (AvgIpc) is 2.72. The Hall–Kier alpha value is -0.120. The zero-order valence-electron chi connectivity index (χ0n) is 13.2. The minimum absolute atomic E-state index is 0.242. The molecule has 2 heterocycles. The molecule has 0 aliphatic carbocycles. The molecule has 112 valence electrons. The van der Waals surface area contributed by atoms with Crippen LogP contribution >= 0.6 is 0 Å². The highest BCUT2D eigenvalue weighted by molar-refractivity contribution is 4.81. The molecule has 2 fully saturated rings. The highest BCUT2D eigenvalue weighted by Gasteiger charge is 2.27. The van der Waals surface area contributed by atoms with Crippen LogP contribution < -0.4 is 5.32 Å². The van der Waals surface area contributed by atoms with Crippen LogP contribution in [0.2, 0.25) is 0 Å². The van der Waals surface area contributed by atoms with Crippen LogP contribution in [0.4, 0.5) is 0 Å². The first kappa shape index (κ1) is 15.3. The molecule has 3 unspecified atom stereocenters. The zero-order valence-corrected chi connectivity index (χ0v) is 13.2. The van der Waals surface area contributed by atoms with Gasteiger partial charge in [0, 0.05) is 18.6 Å². The standard InChI is InChI=1S/C16H32N2O/c1-13-7-8-15(19-13)12-18-9-5-6-14(11-18)10-17-16(2,3)4/h13-15,17H,5-12H2,1-4H3. The molecule has 0 aromatic carbocycles. The van der Waals surface area contributed by atoms with Crippen molar-refractivity contribution >= 4 is 0 Å². The van der Waals surface area contributed by atoms with Crippen LogP contribution in [0, 0.1) is 5.92 Å². The van der Waals surface area contributed by atoms with E-state index in [1.165, 1.54) is 38.8 Å². The Bertz CT molecular complexity index is 274. The SMILES string of the molecule is CC1CCC(CN2CCCC(CNC(C)(C)C)C2)O1. The maximum Gasteiger partial charge on any atom is 0.0706 e. The molecule has 2 saturated heterocycles. The molecule has 3 nitrogen and oxygen atoms in total. The van der Waals surface area contributed by atoms with Crippen LogP contribution in [-0.2, 0) is 4.74 Å². The number of nitrogens with one attached hydrogen (secondary N) is 1. The van der Waals surface area contributed by atoms with Gasteiger partial charge in [0.1, 0.15) is 0 Å². The first-order valence-corrected chi connectivity index (χ1v) is 8.05. The van der Waals surface area contributed by atoms with Gasteiger partial charge in [0.25, 0.3) is 0 Å². The normalized spacial score (nSPS) is 33.8. The Morgan fingerprint density at radius 3 is 2.63 bits per heavy atom. The predicted molar refractivity (Wildman–Crippen MR) is 80.5 cm³/mol. The Balaban J connectivity index is 1.71. The van der Waals surface area contributed by atoms with Crippen LogP contribution in [0.5, 0.6) is 0 Å². The molecular weight excluding hydrogens is 236 g/mol. The van der Waals surface area contributed by atoms with E-state index in [1.807, 2.05) is 0 Å². The van der Waals surface area contributed by atoms with Gasteiger partial charge in [-0.1, -0.05) is 0 Å². The number of piperidine rings is 1. The van der Waals surface area contributed by atoms with E-state index in [4.69, 9.17) is 4.74 Å². The van der Waals surface area contributed by atoms with E-state index in [9.17, 15) is 0 Å². The first-order chi connectivity index (χ1) is 8.92. The summed E-state index contributed by atoms with van der Waals surface area (Å²) in [5.41, 5.74) is 0.242. The molecule has 0 amide bonds. The van der Waals surface area contributed by atoms with Crippen molar-refractivity contribution < 1.29 is 4.74 Å². The minimum Gasteiger partial charge on any atom is -0.374 e. The summed E-state index contributed by atoms with van der Waals surface area (Å²) in [6.45, 7) is 13.8. The number of nitrogens with zero attached hydrogens (tertiary/aromatic N) is 1. The maximum atomic E-state index is 5.96. The van der Waals surface area contributed by atoms with Gasteiger partial charge < -0.3 is 15.0 Å². The number of ether oxygens (including phenoxy) is 1. The molecule has 1 N–H and O–H groups in total. The van der Waals surface area contributed by atoms with Crippen molar-refractivity contribution in [1.82, 2.24) is 10.2 Å². The van der Waals surface area contributed by atoms with E-state index in [0.29, 0.717) is 12.2 Å². The smallest absolute Gasteiger partial charge is 0.0706 e. The lowest BCUT2D eigenvalue weighted by molar-refractivity contribution is 0.0216. The van der Waals surface area contributed by atoms with Crippen LogP contribution in [0.1, 0.15) is 53.4 Å².